The summed E-state index contributed by atoms with van der Waals surface area (Å²) in [6.07, 6.45) is 3.81. The van der Waals surface area contributed by atoms with Crippen LogP contribution in [-0.2, 0) is 10.0 Å². The molecule has 0 radical (unpaired) electrons. The molecule has 7 heteroatoms. The Bertz CT molecular complexity index is 786. The van der Waals surface area contributed by atoms with E-state index in [0.29, 0.717) is 5.92 Å². The Morgan fingerprint density at radius 3 is 2.35 bits per heavy atom. The SMILES string of the molecule is CCS(=O)(=O)NC1CCC(CNc2ccc(-c3ccccc3)nn2)CC1. The first-order valence-electron chi connectivity index (χ1n) is 9.19. The molecule has 1 aromatic heterocycles. The molecule has 0 unspecified atom stereocenters. The number of benzene rings is 1. The molecule has 2 N–H and O–H groups in total. The molecule has 1 aliphatic carbocycles. The molecule has 0 atom stereocenters. The van der Waals surface area contributed by atoms with Crippen LogP contribution in [0.1, 0.15) is 32.6 Å². The maximum absolute atomic E-state index is 11.7. The van der Waals surface area contributed by atoms with Gasteiger partial charge in [-0.1, -0.05) is 30.3 Å². The minimum atomic E-state index is -3.10. The maximum Gasteiger partial charge on any atom is 0.211 e. The molecule has 140 valence electrons. The van der Waals surface area contributed by atoms with Gasteiger partial charge in [-0.05, 0) is 50.7 Å². The summed E-state index contributed by atoms with van der Waals surface area (Å²) in [5.41, 5.74) is 1.92. The van der Waals surface area contributed by atoms with Gasteiger partial charge in [0, 0.05) is 18.2 Å². The fraction of sp³-hybridized carbons (Fsp3) is 0.474. The van der Waals surface area contributed by atoms with Gasteiger partial charge >= 0.3 is 0 Å². The number of hydrogen-bond acceptors (Lipinski definition) is 5. The summed E-state index contributed by atoms with van der Waals surface area (Å²) in [6, 6.07) is 14.0. The average Bonchev–Trinajstić information content (AvgIpc) is 2.68. The molecule has 1 fully saturated rings. The first-order chi connectivity index (χ1) is 12.6. The van der Waals surface area contributed by atoms with Crippen molar-refractivity contribution in [1.82, 2.24) is 14.9 Å². The van der Waals surface area contributed by atoms with Crippen molar-refractivity contribution in [2.75, 3.05) is 17.6 Å². The molecule has 0 saturated heterocycles. The molecule has 2 aromatic rings. The monoisotopic (exact) mass is 374 g/mol. The molecule has 1 saturated carbocycles. The van der Waals surface area contributed by atoms with Crippen molar-refractivity contribution in [2.45, 2.75) is 38.6 Å². The van der Waals surface area contributed by atoms with Gasteiger partial charge in [0.2, 0.25) is 10.0 Å². The summed E-state index contributed by atoms with van der Waals surface area (Å²) in [7, 11) is -3.10. The molecule has 0 amide bonds. The number of aromatic nitrogens is 2. The van der Waals surface area contributed by atoms with Crippen molar-refractivity contribution >= 4 is 15.8 Å². The summed E-state index contributed by atoms with van der Waals surface area (Å²) < 4.78 is 26.1. The van der Waals surface area contributed by atoms with Crippen LogP contribution in [0.15, 0.2) is 42.5 Å². The topological polar surface area (TPSA) is 84.0 Å². The molecule has 3 rings (SSSR count). The number of sulfonamides is 1. The minimum absolute atomic E-state index is 0.0844. The summed E-state index contributed by atoms with van der Waals surface area (Å²) in [5.74, 6) is 1.46. The first kappa shape index (κ1) is 18.8. The van der Waals surface area contributed by atoms with E-state index >= 15 is 0 Å². The van der Waals surface area contributed by atoms with Crippen molar-refractivity contribution in [1.29, 1.82) is 0 Å². The van der Waals surface area contributed by atoms with Crippen molar-refractivity contribution in [3.63, 3.8) is 0 Å². The second-order valence-electron chi connectivity index (χ2n) is 6.79. The van der Waals surface area contributed by atoms with Crippen LogP contribution in [0.3, 0.4) is 0 Å². The number of rotatable bonds is 7. The number of anilines is 1. The van der Waals surface area contributed by atoms with Crippen LogP contribution >= 0.6 is 0 Å². The lowest BCUT2D eigenvalue weighted by Crippen LogP contribution is -2.39. The molecule has 0 aliphatic heterocycles. The van der Waals surface area contributed by atoms with Crippen LogP contribution in [0.5, 0.6) is 0 Å². The lowest BCUT2D eigenvalue weighted by atomic mass is 9.86. The fourth-order valence-electron chi connectivity index (χ4n) is 3.26. The van der Waals surface area contributed by atoms with Gasteiger partial charge in [-0.2, -0.15) is 0 Å². The summed E-state index contributed by atoms with van der Waals surface area (Å²) >= 11 is 0. The summed E-state index contributed by atoms with van der Waals surface area (Å²) in [5, 5.41) is 11.9. The van der Waals surface area contributed by atoms with E-state index in [9.17, 15) is 8.42 Å². The molecule has 1 aliphatic rings. The molecule has 6 nitrogen and oxygen atoms in total. The first-order valence-corrected chi connectivity index (χ1v) is 10.8. The lowest BCUT2D eigenvalue weighted by molar-refractivity contribution is 0.324. The number of hydrogen-bond donors (Lipinski definition) is 2. The fourth-order valence-corrected chi connectivity index (χ4v) is 4.17. The van der Waals surface area contributed by atoms with Gasteiger partial charge in [-0.25, -0.2) is 13.1 Å². The highest BCUT2D eigenvalue weighted by Gasteiger charge is 2.24. The van der Waals surface area contributed by atoms with E-state index in [-0.39, 0.29) is 11.8 Å². The van der Waals surface area contributed by atoms with Crippen LogP contribution in [0.25, 0.3) is 11.3 Å². The molecule has 1 heterocycles. The summed E-state index contributed by atoms with van der Waals surface area (Å²) in [6.45, 7) is 2.51. The third-order valence-corrected chi connectivity index (χ3v) is 6.33. The van der Waals surface area contributed by atoms with E-state index < -0.39 is 10.0 Å². The van der Waals surface area contributed by atoms with Crippen molar-refractivity contribution in [3.05, 3.63) is 42.5 Å². The third kappa shape index (κ3) is 5.25. The van der Waals surface area contributed by atoms with Gasteiger partial charge in [0.05, 0.1) is 11.4 Å². The number of nitrogens with one attached hydrogen (secondary N) is 2. The lowest BCUT2D eigenvalue weighted by Gasteiger charge is -2.29. The van der Waals surface area contributed by atoms with Crippen molar-refractivity contribution in [2.24, 2.45) is 5.92 Å². The highest BCUT2D eigenvalue weighted by Crippen LogP contribution is 2.25. The van der Waals surface area contributed by atoms with Gasteiger partial charge in [0.15, 0.2) is 0 Å². The van der Waals surface area contributed by atoms with Gasteiger partial charge < -0.3 is 5.32 Å². The smallest absolute Gasteiger partial charge is 0.211 e. The Balaban J connectivity index is 1.45. The third-order valence-electron chi connectivity index (χ3n) is 4.88. The van der Waals surface area contributed by atoms with Crippen LogP contribution in [0, 0.1) is 5.92 Å². The van der Waals surface area contributed by atoms with E-state index in [1.54, 1.807) is 6.92 Å². The predicted octanol–water partition coefficient (Wildman–Crippen LogP) is 3.05. The highest BCUT2D eigenvalue weighted by molar-refractivity contribution is 7.89. The van der Waals surface area contributed by atoms with Gasteiger partial charge in [-0.3, -0.25) is 0 Å². The maximum atomic E-state index is 11.7. The standard InChI is InChI=1S/C19H26N4O2S/c1-2-26(24,25)23-17-10-8-15(9-11-17)14-20-19-13-12-18(21-22-19)16-6-4-3-5-7-16/h3-7,12-13,15,17,23H,2,8-11,14H2,1H3,(H,20,22). The Kier molecular flexibility index (Phi) is 6.21. The second kappa shape index (κ2) is 8.60. The Labute approximate surface area is 155 Å². The molecule has 0 spiro atoms. The predicted molar refractivity (Wildman–Crippen MR) is 104 cm³/mol. The normalized spacial score (nSPS) is 20.7. The zero-order valence-electron chi connectivity index (χ0n) is 15.1. The van der Waals surface area contributed by atoms with Crippen LogP contribution in [0.4, 0.5) is 5.82 Å². The zero-order chi connectivity index (χ0) is 18.4. The minimum Gasteiger partial charge on any atom is -0.368 e. The van der Waals surface area contributed by atoms with Crippen molar-refractivity contribution < 1.29 is 8.42 Å². The Morgan fingerprint density at radius 1 is 1.00 bits per heavy atom. The number of nitrogens with zero attached hydrogens (tertiary/aromatic N) is 2. The average molecular weight is 375 g/mol. The van der Waals surface area contributed by atoms with E-state index in [1.807, 2.05) is 42.5 Å². The second-order valence-corrected chi connectivity index (χ2v) is 8.83. The van der Waals surface area contributed by atoms with E-state index in [0.717, 1.165) is 49.3 Å². The summed E-state index contributed by atoms with van der Waals surface area (Å²) in [4.78, 5) is 0. The van der Waals surface area contributed by atoms with Crippen LogP contribution in [0.2, 0.25) is 0 Å². The molecule has 0 bridgehead atoms. The molecule has 26 heavy (non-hydrogen) atoms. The molecular formula is C19H26N4O2S. The van der Waals surface area contributed by atoms with Gasteiger partial charge in [0.1, 0.15) is 5.82 Å². The van der Waals surface area contributed by atoms with Crippen LogP contribution < -0.4 is 10.0 Å². The molecular weight excluding hydrogens is 348 g/mol. The Hall–Kier alpha value is -1.99. The Morgan fingerprint density at radius 2 is 1.73 bits per heavy atom. The zero-order valence-corrected chi connectivity index (χ0v) is 15.9. The van der Waals surface area contributed by atoms with Gasteiger partial charge in [-0.15, -0.1) is 10.2 Å². The van der Waals surface area contributed by atoms with Crippen LogP contribution in [-0.4, -0.2) is 37.0 Å². The van der Waals surface area contributed by atoms with Crippen molar-refractivity contribution in [3.8, 4) is 11.3 Å². The highest BCUT2D eigenvalue weighted by atomic mass is 32.2. The van der Waals surface area contributed by atoms with E-state index in [1.165, 1.54) is 0 Å². The molecule has 1 aromatic carbocycles. The largest absolute Gasteiger partial charge is 0.368 e. The van der Waals surface area contributed by atoms with E-state index in [2.05, 4.69) is 20.2 Å². The van der Waals surface area contributed by atoms with Gasteiger partial charge in [0.25, 0.3) is 0 Å². The van der Waals surface area contributed by atoms with E-state index in [4.69, 9.17) is 0 Å². The quantitative estimate of drug-likeness (QED) is 0.778.